The van der Waals surface area contributed by atoms with Crippen molar-refractivity contribution in [2.24, 2.45) is 5.73 Å². The summed E-state index contributed by atoms with van der Waals surface area (Å²) in [6.45, 7) is 0.120. The molecule has 8 heteroatoms. The maximum absolute atomic E-state index is 12.4. The Labute approximate surface area is 116 Å². The van der Waals surface area contributed by atoms with Crippen molar-refractivity contribution in [1.29, 1.82) is 0 Å². The molecule has 2 N–H and O–H groups in total. The van der Waals surface area contributed by atoms with E-state index in [4.69, 9.17) is 5.73 Å². The van der Waals surface area contributed by atoms with Crippen molar-refractivity contribution in [1.82, 2.24) is 4.90 Å². The van der Waals surface area contributed by atoms with Crippen LogP contribution in [0.4, 0.5) is 13.2 Å². The number of carbonyl (C=O) groups is 2. The van der Waals surface area contributed by atoms with Gasteiger partial charge >= 0.3 is 12.1 Å². The highest BCUT2D eigenvalue weighted by Crippen LogP contribution is 2.17. The molecule has 0 aliphatic heterocycles. The fourth-order valence-corrected chi connectivity index (χ4v) is 1.59. The number of ether oxygens (including phenoxy) is 1. The molecule has 0 saturated heterocycles. The molecule has 0 spiro atoms. The van der Waals surface area contributed by atoms with Gasteiger partial charge in [0.25, 0.3) is 0 Å². The van der Waals surface area contributed by atoms with Gasteiger partial charge in [-0.1, -0.05) is 19.8 Å². The van der Waals surface area contributed by atoms with Gasteiger partial charge in [-0.05, 0) is 6.42 Å². The van der Waals surface area contributed by atoms with Gasteiger partial charge in [0.1, 0.15) is 6.54 Å². The van der Waals surface area contributed by atoms with Crippen molar-refractivity contribution in [2.45, 2.75) is 44.8 Å². The number of hydrogen-bond donors (Lipinski definition) is 1. The molecule has 0 aromatic rings. The molecule has 0 aliphatic rings. The van der Waals surface area contributed by atoms with Crippen molar-refractivity contribution < 1.29 is 27.5 Å². The van der Waals surface area contributed by atoms with E-state index >= 15 is 0 Å². The van der Waals surface area contributed by atoms with Crippen LogP contribution in [0.3, 0.4) is 0 Å². The second-order valence-corrected chi connectivity index (χ2v) is 4.45. The fourth-order valence-electron chi connectivity index (χ4n) is 1.59. The summed E-state index contributed by atoms with van der Waals surface area (Å²) < 4.78 is 41.7. The number of rotatable bonds is 8. The van der Waals surface area contributed by atoms with Crippen molar-refractivity contribution in [3.05, 3.63) is 0 Å². The lowest BCUT2D eigenvalue weighted by atomic mass is 10.1. The zero-order valence-corrected chi connectivity index (χ0v) is 11.7. The number of esters is 1. The van der Waals surface area contributed by atoms with Crippen LogP contribution in [-0.4, -0.2) is 49.2 Å². The molecule has 0 rings (SSSR count). The first-order chi connectivity index (χ1) is 9.21. The van der Waals surface area contributed by atoms with E-state index in [0.29, 0.717) is 17.7 Å². The van der Waals surface area contributed by atoms with Crippen LogP contribution in [0.2, 0.25) is 0 Å². The van der Waals surface area contributed by atoms with Gasteiger partial charge in [0.05, 0.1) is 19.6 Å². The van der Waals surface area contributed by atoms with Crippen LogP contribution in [0.25, 0.3) is 0 Å². The van der Waals surface area contributed by atoms with Gasteiger partial charge in [-0.15, -0.1) is 0 Å². The number of unbranched alkanes of at least 4 members (excludes halogenated alkanes) is 1. The van der Waals surface area contributed by atoms with E-state index in [2.05, 4.69) is 4.74 Å². The lowest BCUT2D eigenvalue weighted by Crippen LogP contribution is -2.48. The monoisotopic (exact) mass is 298 g/mol. The first kappa shape index (κ1) is 18.7. The molecule has 0 aromatic carbocycles. The molecule has 118 valence electrons. The zero-order valence-electron chi connectivity index (χ0n) is 11.7. The van der Waals surface area contributed by atoms with Gasteiger partial charge in [0, 0.05) is 6.54 Å². The first-order valence-corrected chi connectivity index (χ1v) is 6.39. The largest absolute Gasteiger partial charge is 0.469 e. The Morgan fingerprint density at radius 2 is 1.95 bits per heavy atom. The molecular weight excluding hydrogens is 277 g/mol. The van der Waals surface area contributed by atoms with Crippen molar-refractivity contribution in [3.8, 4) is 0 Å². The zero-order chi connectivity index (χ0) is 15.8. The minimum atomic E-state index is -4.53. The van der Waals surface area contributed by atoms with Crippen LogP contribution in [-0.2, 0) is 14.3 Å². The fraction of sp³-hybridized carbons (Fsp3) is 0.833. The van der Waals surface area contributed by atoms with Crippen LogP contribution >= 0.6 is 0 Å². The molecule has 5 nitrogen and oxygen atoms in total. The molecule has 1 atom stereocenters. The van der Waals surface area contributed by atoms with E-state index < -0.39 is 30.6 Å². The number of nitrogens with two attached hydrogens (primary N) is 1. The summed E-state index contributed by atoms with van der Waals surface area (Å²) in [6, 6.07) is -0.977. The second-order valence-electron chi connectivity index (χ2n) is 4.45. The number of halogens is 3. The topological polar surface area (TPSA) is 72.6 Å². The summed E-state index contributed by atoms with van der Waals surface area (Å²) in [7, 11) is 1.13. The average molecular weight is 298 g/mol. The van der Waals surface area contributed by atoms with Crippen LogP contribution in [0, 0.1) is 0 Å². The normalized spacial score (nSPS) is 12.9. The van der Waals surface area contributed by atoms with Crippen LogP contribution in [0.15, 0.2) is 0 Å². The molecule has 0 fully saturated rings. The smallest absolute Gasteiger partial charge is 0.406 e. The Balaban J connectivity index is 4.65. The Bertz CT molecular complexity index is 322. The van der Waals surface area contributed by atoms with E-state index in [1.54, 1.807) is 0 Å². The Hall–Kier alpha value is -1.31. The Morgan fingerprint density at radius 3 is 2.40 bits per heavy atom. The third kappa shape index (κ3) is 7.98. The number of carbonyl (C=O) groups excluding carboxylic acids is 2. The Morgan fingerprint density at radius 1 is 1.35 bits per heavy atom. The molecular formula is C12H21F3N2O3. The van der Waals surface area contributed by atoms with Crippen molar-refractivity contribution >= 4 is 11.9 Å². The molecule has 0 heterocycles. The van der Waals surface area contributed by atoms with Gasteiger partial charge in [-0.2, -0.15) is 13.2 Å². The number of amides is 1. The summed E-state index contributed by atoms with van der Waals surface area (Å²) in [5.74, 6) is -1.47. The van der Waals surface area contributed by atoms with Gasteiger partial charge in [-0.25, -0.2) is 0 Å². The average Bonchev–Trinajstić information content (AvgIpc) is 2.38. The second kappa shape index (κ2) is 8.78. The van der Waals surface area contributed by atoms with Crippen LogP contribution in [0.1, 0.15) is 32.6 Å². The summed E-state index contributed by atoms with van der Waals surface area (Å²) in [4.78, 5) is 23.4. The number of methoxy groups -OCH3 is 1. The summed E-state index contributed by atoms with van der Waals surface area (Å²) in [5.41, 5.74) is 5.59. The van der Waals surface area contributed by atoms with Crippen molar-refractivity contribution in [2.75, 3.05) is 20.2 Å². The predicted molar refractivity (Wildman–Crippen MR) is 66.8 cm³/mol. The number of hydrogen-bond acceptors (Lipinski definition) is 4. The molecule has 20 heavy (non-hydrogen) atoms. The molecule has 0 bridgehead atoms. The molecule has 0 aromatic heterocycles. The van der Waals surface area contributed by atoms with Crippen LogP contribution < -0.4 is 5.73 Å². The molecule has 0 unspecified atom stereocenters. The minimum Gasteiger partial charge on any atom is -0.469 e. The first-order valence-electron chi connectivity index (χ1n) is 6.39. The summed E-state index contributed by atoms with van der Waals surface area (Å²) in [6.07, 6.45) is -3.05. The molecule has 0 aliphatic carbocycles. The number of nitrogens with zero attached hydrogens (tertiary/aromatic N) is 1. The molecule has 0 radical (unpaired) electrons. The predicted octanol–water partition coefficient (Wildman–Crippen LogP) is 1.46. The third-order valence-corrected chi connectivity index (χ3v) is 2.68. The van der Waals surface area contributed by atoms with E-state index in [1.165, 1.54) is 0 Å². The third-order valence-electron chi connectivity index (χ3n) is 2.68. The van der Waals surface area contributed by atoms with Gasteiger partial charge < -0.3 is 15.4 Å². The summed E-state index contributed by atoms with van der Waals surface area (Å²) in [5, 5.41) is 0. The number of alkyl halides is 3. The highest BCUT2D eigenvalue weighted by atomic mass is 19.4. The van der Waals surface area contributed by atoms with E-state index in [0.717, 1.165) is 13.5 Å². The Kier molecular flexibility index (Phi) is 8.21. The van der Waals surface area contributed by atoms with Crippen molar-refractivity contribution in [3.63, 3.8) is 0 Å². The van der Waals surface area contributed by atoms with E-state index in [9.17, 15) is 22.8 Å². The minimum absolute atomic E-state index is 0.293. The highest BCUT2D eigenvalue weighted by Gasteiger charge is 2.34. The standard InChI is InChI=1S/C12H21F3N2O3/c1-3-4-5-9(16)11(19)17(8-12(13,14)15)7-6-10(18)20-2/h9H,3-8,16H2,1-2H3/t9-/m0/s1. The lowest BCUT2D eigenvalue weighted by molar-refractivity contribution is -0.163. The SMILES string of the molecule is CCCC[C@H](N)C(=O)N(CCC(=O)OC)CC(F)(F)F. The lowest BCUT2D eigenvalue weighted by Gasteiger charge is -2.26. The van der Waals surface area contributed by atoms with Crippen LogP contribution in [0.5, 0.6) is 0 Å². The highest BCUT2D eigenvalue weighted by molar-refractivity contribution is 5.82. The van der Waals surface area contributed by atoms with E-state index in [1.807, 2.05) is 6.92 Å². The van der Waals surface area contributed by atoms with Gasteiger partial charge in [0.15, 0.2) is 0 Å². The maximum Gasteiger partial charge on any atom is 0.406 e. The van der Waals surface area contributed by atoms with E-state index in [-0.39, 0.29) is 13.0 Å². The maximum atomic E-state index is 12.4. The quantitative estimate of drug-likeness (QED) is 0.689. The molecule has 1 amide bonds. The molecule has 0 saturated carbocycles. The van der Waals surface area contributed by atoms with Gasteiger partial charge in [-0.3, -0.25) is 9.59 Å². The van der Waals surface area contributed by atoms with Gasteiger partial charge in [0.2, 0.25) is 5.91 Å². The summed E-state index contributed by atoms with van der Waals surface area (Å²) >= 11 is 0.